The Labute approximate surface area is 174 Å². The van der Waals surface area contributed by atoms with E-state index in [2.05, 4.69) is 39.0 Å². The van der Waals surface area contributed by atoms with E-state index in [1.165, 1.54) is 23.8 Å². The lowest BCUT2D eigenvalue weighted by molar-refractivity contribution is 0.0850. The van der Waals surface area contributed by atoms with Gasteiger partial charge in [0.2, 0.25) is 5.89 Å². The lowest BCUT2D eigenvalue weighted by atomic mass is 10.2. The molecule has 5 rings (SSSR count). The minimum atomic E-state index is -0.187. The highest BCUT2D eigenvalue weighted by molar-refractivity contribution is 7.15. The molecule has 0 spiro atoms. The van der Waals surface area contributed by atoms with E-state index in [4.69, 9.17) is 4.52 Å². The van der Waals surface area contributed by atoms with Gasteiger partial charge in [-0.05, 0) is 49.6 Å². The van der Waals surface area contributed by atoms with E-state index in [0.29, 0.717) is 5.92 Å². The van der Waals surface area contributed by atoms with Gasteiger partial charge in [-0.3, -0.25) is 9.80 Å². The fraction of sp³-hybridized carbons (Fsp3) is 0.455. The van der Waals surface area contributed by atoms with Gasteiger partial charge in [-0.15, -0.1) is 11.3 Å². The van der Waals surface area contributed by atoms with Crippen molar-refractivity contribution in [1.82, 2.24) is 19.9 Å². The van der Waals surface area contributed by atoms with E-state index in [0.717, 1.165) is 54.9 Å². The fourth-order valence-electron chi connectivity index (χ4n) is 3.87. The molecule has 5 nitrogen and oxygen atoms in total. The maximum Gasteiger partial charge on any atom is 0.243 e. The van der Waals surface area contributed by atoms with Crippen molar-refractivity contribution in [1.29, 1.82) is 0 Å². The summed E-state index contributed by atoms with van der Waals surface area (Å²) in [7, 11) is 0. The Balaban J connectivity index is 1.16. The molecule has 29 heavy (non-hydrogen) atoms. The van der Waals surface area contributed by atoms with Crippen LogP contribution in [0.5, 0.6) is 0 Å². The molecule has 1 aliphatic heterocycles. The summed E-state index contributed by atoms with van der Waals surface area (Å²) >= 11 is 1.75. The molecular weight excluding hydrogens is 387 g/mol. The molecule has 2 aromatic heterocycles. The van der Waals surface area contributed by atoms with E-state index in [1.807, 2.05) is 6.07 Å². The van der Waals surface area contributed by atoms with Gasteiger partial charge in [0.05, 0.1) is 6.04 Å². The predicted octanol–water partition coefficient (Wildman–Crippen LogP) is 4.69. The number of rotatable bonds is 6. The van der Waals surface area contributed by atoms with Gasteiger partial charge in [-0.1, -0.05) is 17.3 Å². The third kappa shape index (κ3) is 4.27. The van der Waals surface area contributed by atoms with Crippen LogP contribution < -0.4 is 0 Å². The number of benzene rings is 1. The zero-order valence-corrected chi connectivity index (χ0v) is 17.4. The highest BCUT2D eigenvalue weighted by atomic mass is 32.1. The van der Waals surface area contributed by atoms with Crippen LogP contribution in [-0.2, 0) is 6.54 Å². The van der Waals surface area contributed by atoms with Gasteiger partial charge >= 0.3 is 0 Å². The molecule has 1 saturated carbocycles. The maximum absolute atomic E-state index is 13.5. The van der Waals surface area contributed by atoms with Crippen LogP contribution in [0.1, 0.15) is 48.3 Å². The highest BCUT2D eigenvalue weighted by Crippen LogP contribution is 2.38. The Morgan fingerprint density at radius 1 is 1.17 bits per heavy atom. The summed E-state index contributed by atoms with van der Waals surface area (Å²) < 4.78 is 19.0. The van der Waals surface area contributed by atoms with Gasteiger partial charge in [-0.2, -0.15) is 4.98 Å². The summed E-state index contributed by atoms with van der Waals surface area (Å²) in [5.74, 6) is 1.98. The second-order valence-corrected chi connectivity index (χ2v) is 9.20. The third-order valence-corrected chi connectivity index (χ3v) is 6.98. The average molecular weight is 413 g/mol. The van der Waals surface area contributed by atoms with Gasteiger partial charge in [0.25, 0.3) is 0 Å². The summed E-state index contributed by atoms with van der Waals surface area (Å²) in [5, 5.41) is 4.15. The largest absolute Gasteiger partial charge is 0.338 e. The van der Waals surface area contributed by atoms with Crippen LogP contribution in [0.15, 0.2) is 40.9 Å². The lowest BCUT2D eigenvalue weighted by Gasteiger charge is -2.36. The minimum Gasteiger partial charge on any atom is -0.338 e. The average Bonchev–Trinajstić information content (AvgIpc) is 3.28. The smallest absolute Gasteiger partial charge is 0.243 e. The zero-order valence-electron chi connectivity index (χ0n) is 16.6. The fourth-order valence-corrected chi connectivity index (χ4v) is 4.92. The van der Waals surface area contributed by atoms with E-state index < -0.39 is 0 Å². The van der Waals surface area contributed by atoms with Crippen molar-refractivity contribution in [2.24, 2.45) is 0 Å². The van der Waals surface area contributed by atoms with Crippen LogP contribution in [0, 0.1) is 5.82 Å². The van der Waals surface area contributed by atoms with Crippen molar-refractivity contribution >= 4 is 11.3 Å². The van der Waals surface area contributed by atoms with Crippen LogP contribution in [0.2, 0.25) is 0 Å². The molecule has 2 fully saturated rings. The molecule has 1 unspecified atom stereocenters. The normalized spacial score (nSPS) is 19.5. The van der Waals surface area contributed by atoms with Gasteiger partial charge in [-0.25, -0.2) is 4.39 Å². The van der Waals surface area contributed by atoms with Gasteiger partial charge in [0.15, 0.2) is 5.82 Å². The van der Waals surface area contributed by atoms with E-state index in [9.17, 15) is 4.39 Å². The molecule has 0 N–H and O–H groups in total. The molecule has 1 atom stereocenters. The van der Waals surface area contributed by atoms with E-state index in [-0.39, 0.29) is 11.9 Å². The molecule has 3 aromatic rings. The summed E-state index contributed by atoms with van der Waals surface area (Å²) in [5.41, 5.74) is 0.949. The first kappa shape index (κ1) is 18.9. The molecule has 0 radical (unpaired) electrons. The van der Waals surface area contributed by atoms with Gasteiger partial charge < -0.3 is 4.52 Å². The molecule has 152 valence electrons. The SMILES string of the molecule is CC(c1nc(C2CC2)no1)N1CCN(Cc2ccc(-c3cccc(F)c3)s2)CC1. The quantitative estimate of drug-likeness (QED) is 0.588. The topological polar surface area (TPSA) is 45.4 Å². The first-order valence-electron chi connectivity index (χ1n) is 10.3. The van der Waals surface area contributed by atoms with Crippen LogP contribution in [0.4, 0.5) is 4.39 Å². The Morgan fingerprint density at radius 3 is 2.76 bits per heavy atom. The lowest BCUT2D eigenvalue weighted by Crippen LogP contribution is -2.46. The molecule has 1 aliphatic carbocycles. The van der Waals surface area contributed by atoms with Crippen molar-refractivity contribution in [3.05, 3.63) is 58.8 Å². The Hall–Kier alpha value is -2.09. The number of hydrogen-bond donors (Lipinski definition) is 0. The first-order valence-corrected chi connectivity index (χ1v) is 11.1. The molecular formula is C22H25FN4OS. The summed E-state index contributed by atoms with van der Waals surface area (Å²) in [6.45, 7) is 7.11. The van der Waals surface area contributed by atoms with Crippen molar-refractivity contribution in [3.8, 4) is 10.4 Å². The molecule has 0 bridgehead atoms. The molecule has 3 heterocycles. The maximum atomic E-state index is 13.5. The Morgan fingerprint density at radius 2 is 2.00 bits per heavy atom. The third-order valence-electron chi connectivity index (χ3n) is 5.86. The van der Waals surface area contributed by atoms with Gasteiger partial charge in [0.1, 0.15) is 5.82 Å². The van der Waals surface area contributed by atoms with Gasteiger partial charge in [0, 0.05) is 48.4 Å². The van der Waals surface area contributed by atoms with E-state index >= 15 is 0 Å². The van der Waals surface area contributed by atoms with Crippen molar-refractivity contribution in [2.45, 2.75) is 38.3 Å². The molecule has 1 saturated heterocycles. The van der Waals surface area contributed by atoms with Crippen LogP contribution in [-0.4, -0.2) is 46.1 Å². The zero-order chi connectivity index (χ0) is 19.8. The van der Waals surface area contributed by atoms with Crippen LogP contribution in [0.25, 0.3) is 10.4 Å². The van der Waals surface area contributed by atoms with Crippen molar-refractivity contribution < 1.29 is 8.91 Å². The highest BCUT2D eigenvalue weighted by Gasteiger charge is 2.31. The number of nitrogens with zero attached hydrogens (tertiary/aromatic N) is 4. The summed E-state index contributed by atoms with van der Waals surface area (Å²) in [4.78, 5) is 12.0. The minimum absolute atomic E-state index is 0.165. The molecule has 0 amide bonds. The Bertz CT molecular complexity index is 975. The van der Waals surface area contributed by atoms with Crippen LogP contribution in [0.3, 0.4) is 0 Å². The molecule has 2 aliphatic rings. The summed E-state index contributed by atoms with van der Waals surface area (Å²) in [6, 6.07) is 11.2. The number of hydrogen-bond acceptors (Lipinski definition) is 6. The van der Waals surface area contributed by atoms with Crippen molar-refractivity contribution in [3.63, 3.8) is 0 Å². The second-order valence-electron chi connectivity index (χ2n) is 8.03. The first-order chi connectivity index (χ1) is 14.2. The molecule has 7 heteroatoms. The summed E-state index contributed by atoms with van der Waals surface area (Å²) in [6.07, 6.45) is 2.38. The second kappa shape index (κ2) is 7.97. The van der Waals surface area contributed by atoms with E-state index in [1.54, 1.807) is 23.5 Å². The number of thiophene rings is 1. The number of aromatic nitrogens is 2. The monoisotopic (exact) mass is 412 g/mol. The standard InChI is InChI=1S/C22H25FN4OS/c1-15(22-24-21(25-28-22)16-5-6-16)27-11-9-26(10-12-27)14-19-7-8-20(29-19)17-3-2-4-18(23)13-17/h2-4,7-8,13,15-16H,5-6,9-12,14H2,1H3. The number of piperazine rings is 1. The Kier molecular flexibility index (Phi) is 5.20. The van der Waals surface area contributed by atoms with Crippen LogP contribution >= 0.6 is 11.3 Å². The van der Waals surface area contributed by atoms with Crippen molar-refractivity contribution in [2.75, 3.05) is 26.2 Å². The number of halogens is 1. The molecule has 1 aromatic carbocycles. The predicted molar refractivity (Wildman–Crippen MR) is 111 cm³/mol.